The fourth-order valence-corrected chi connectivity index (χ4v) is 3.11. The number of hydrogen-bond donors (Lipinski definition) is 2. The van der Waals surface area contributed by atoms with Crippen molar-refractivity contribution < 1.29 is 8.42 Å². The van der Waals surface area contributed by atoms with Gasteiger partial charge in [0.2, 0.25) is 10.0 Å². The number of aromatic nitrogens is 3. The van der Waals surface area contributed by atoms with Crippen LogP contribution < -0.4 is 10.5 Å². The second-order valence-electron chi connectivity index (χ2n) is 4.32. The fraction of sp³-hybridized carbons (Fsp3) is 0.333. The van der Waals surface area contributed by atoms with Crippen LogP contribution in [0.25, 0.3) is 0 Å². The highest BCUT2D eigenvalue weighted by Crippen LogP contribution is 2.20. The van der Waals surface area contributed by atoms with Gasteiger partial charge < -0.3 is 10.3 Å². The van der Waals surface area contributed by atoms with Gasteiger partial charge in [-0.15, -0.1) is 10.2 Å². The second-order valence-corrected chi connectivity index (χ2v) is 6.49. The van der Waals surface area contributed by atoms with E-state index in [-0.39, 0.29) is 18.0 Å². The summed E-state index contributed by atoms with van der Waals surface area (Å²) in [7, 11) is -3.67. The Labute approximate surface area is 128 Å². The zero-order valence-corrected chi connectivity index (χ0v) is 13.0. The number of sulfonamides is 1. The minimum absolute atomic E-state index is 0.0619. The van der Waals surface area contributed by atoms with Gasteiger partial charge in [-0.25, -0.2) is 13.1 Å². The average Bonchev–Trinajstić information content (AvgIpc) is 2.92. The molecule has 0 atom stereocenters. The van der Waals surface area contributed by atoms with Crippen LogP contribution in [0.3, 0.4) is 0 Å². The van der Waals surface area contributed by atoms with Crippen molar-refractivity contribution in [3.8, 4) is 0 Å². The zero-order valence-electron chi connectivity index (χ0n) is 11.5. The van der Waals surface area contributed by atoms with Crippen LogP contribution in [0, 0.1) is 0 Å². The molecular formula is C12H16ClN5O2S. The van der Waals surface area contributed by atoms with E-state index in [4.69, 9.17) is 17.3 Å². The molecule has 9 heteroatoms. The Morgan fingerprint density at radius 2 is 2.19 bits per heavy atom. The van der Waals surface area contributed by atoms with E-state index in [1.54, 1.807) is 17.0 Å². The number of aryl methyl sites for hydroxylation is 1. The number of hydrogen-bond acceptors (Lipinski definition) is 5. The molecular weight excluding hydrogens is 314 g/mol. The van der Waals surface area contributed by atoms with E-state index in [1.165, 1.54) is 12.1 Å². The summed E-state index contributed by atoms with van der Waals surface area (Å²) in [5, 5.41) is 7.95. The second kappa shape index (κ2) is 6.52. The first kappa shape index (κ1) is 15.9. The minimum Gasteiger partial charge on any atom is -0.326 e. The van der Waals surface area contributed by atoms with Crippen LogP contribution in [0.5, 0.6) is 0 Å². The van der Waals surface area contributed by atoms with Crippen molar-refractivity contribution in [3.05, 3.63) is 40.9 Å². The average molecular weight is 330 g/mol. The largest absolute Gasteiger partial charge is 0.326 e. The van der Waals surface area contributed by atoms with Crippen molar-refractivity contribution in [1.82, 2.24) is 19.5 Å². The Balaban J connectivity index is 2.17. The van der Waals surface area contributed by atoms with E-state index >= 15 is 0 Å². The maximum atomic E-state index is 12.2. The quantitative estimate of drug-likeness (QED) is 0.819. The molecule has 0 saturated heterocycles. The third kappa shape index (κ3) is 3.59. The van der Waals surface area contributed by atoms with Gasteiger partial charge >= 0.3 is 0 Å². The van der Waals surface area contributed by atoms with Crippen LogP contribution in [0.4, 0.5) is 0 Å². The Morgan fingerprint density at radius 1 is 1.43 bits per heavy atom. The van der Waals surface area contributed by atoms with E-state index in [9.17, 15) is 8.42 Å². The molecule has 0 spiro atoms. The topological polar surface area (TPSA) is 103 Å². The van der Waals surface area contributed by atoms with Crippen molar-refractivity contribution >= 4 is 21.6 Å². The highest BCUT2D eigenvalue weighted by Gasteiger charge is 2.16. The molecule has 0 aliphatic heterocycles. The lowest BCUT2D eigenvalue weighted by Crippen LogP contribution is -2.25. The number of rotatable bonds is 6. The molecule has 0 fully saturated rings. The summed E-state index contributed by atoms with van der Waals surface area (Å²) in [6.07, 6.45) is 1.55. The summed E-state index contributed by atoms with van der Waals surface area (Å²) >= 11 is 5.98. The van der Waals surface area contributed by atoms with Crippen molar-refractivity contribution in [2.75, 3.05) is 0 Å². The van der Waals surface area contributed by atoms with Crippen LogP contribution in [-0.2, 0) is 29.7 Å². The first-order valence-corrected chi connectivity index (χ1v) is 8.19. The molecule has 2 aromatic rings. The molecule has 0 amide bonds. The van der Waals surface area contributed by atoms with Gasteiger partial charge in [0.25, 0.3) is 0 Å². The van der Waals surface area contributed by atoms with Crippen LogP contribution >= 0.6 is 11.6 Å². The van der Waals surface area contributed by atoms with Crippen molar-refractivity contribution in [2.45, 2.75) is 31.5 Å². The third-order valence-electron chi connectivity index (χ3n) is 3.01. The molecule has 21 heavy (non-hydrogen) atoms. The number of nitrogens with one attached hydrogen (secondary N) is 1. The molecule has 1 heterocycles. The smallest absolute Gasteiger partial charge is 0.241 e. The third-order valence-corrected chi connectivity index (χ3v) is 4.76. The summed E-state index contributed by atoms with van der Waals surface area (Å²) in [5.74, 6) is 0.547. The molecule has 2 rings (SSSR count). The summed E-state index contributed by atoms with van der Waals surface area (Å²) in [6.45, 7) is 2.91. The van der Waals surface area contributed by atoms with Gasteiger partial charge in [0.15, 0.2) is 0 Å². The predicted molar refractivity (Wildman–Crippen MR) is 79.1 cm³/mol. The molecule has 0 unspecified atom stereocenters. The Morgan fingerprint density at radius 3 is 2.81 bits per heavy atom. The fourth-order valence-electron chi connectivity index (χ4n) is 1.78. The van der Waals surface area contributed by atoms with E-state index in [1.807, 2.05) is 6.92 Å². The molecule has 0 radical (unpaired) electrons. The molecule has 0 aliphatic carbocycles. The van der Waals surface area contributed by atoms with Crippen LogP contribution in [0.2, 0.25) is 5.02 Å². The Hall–Kier alpha value is -1.48. The monoisotopic (exact) mass is 329 g/mol. The van der Waals surface area contributed by atoms with E-state index in [0.717, 1.165) is 0 Å². The molecule has 7 nitrogen and oxygen atoms in total. The van der Waals surface area contributed by atoms with E-state index < -0.39 is 10.0 Å². The van der Waals surface area contributed by atoms with Crippen LogP contribution in [0.15, 0.2) is 29.4 Å². The molecule has 114 valence electrons. The number of benzene rings is 1. The van der Waals surface area contributed by atoms with Gasteiger partial charge in [0, 0.05) is 18.1 Å². The van der Waals surface area contributed by atoms with Gasteiger partial charge in [-0.1, -0.05) is 17.7 Å². The first-order chi connectivity index (χ1) is 9.97. The first-order valence-electron chi connectivity index (χ1n) is 6.32. The summed E-state index contributed by atoms with van der Waals surface area (Å²) < 4.78 is 28.7. The summed E-state index contributed by atoms with van der Waals surface area (Å²) in [6, 6.07) is 4.46. The van der Waals surface area contributed by atoms with Crippen molar-refractivity contribution in [2.24, 2.45) is 5.73 Å². The number of nitrogens with zero attached hydrogens (tertiary/aromatic N) is 3. The van der Waals surface area contributed by atoms with E-state index in [2.05, 4.69) is 14.9 Å². The van der Waals surface area contributed by atoms with Crippen molar-refractivity contribution in [1.29, 1.82) is 0 Å². The molecule has 3 N–H and O–H groups in total. The molecule has 0 bridgehead atoms. The molecule has 0 saturated carbocycles. The lowest BCUT2D eigenvalue weighted by Gasteiger charge is -2.09. The van der Waals surface area contributed by atoms with Gasteiger partial charge in [-0.2, -0.15) is 0 Å². The van der Waals surface area contributed by atoms with Crippen LogP contribution in [-0.4, -0.2) is 23.2 Å². The highest BCUT2D eigenvalue weighted by atomic mass is 35.5. The molecule has 1 aromatic carbocycles. The lowest BCUT2D eigenvalue weighted by atomic mass is 10.2. The summed E-state index contributed by atoms with van der Waals surface area (Å²) in [4.78, 5) is 0.0901. The maximum absolute atomic E-state index is 12.2. The predicted octanol–water partition coefficient (Wildman–Crippen LogP) is 0.889. The molecule has 0 aliphatic rings. The highest BCUT2D eigenvalue weighted by molar-refractivity contribution is 7.89. The van der Waals surface area contributed by atoms with Crippen LogP contribution in [0.1, 0.15) is 18.3 Å². The SMILES string of the molecule is CCn1cnnc1CNS(=O)(=O)c1ccc(CN)c(Cl)c1. The van der Waals surface area contributed by atoms with Gasteiger partial charge in [0.05, 0.1) is 11.4 Å². The summed E-state index contributed by atoms with van der Waals surface area (Å²) in [5.41, 5.74) is 6.19. The van der Waals surface area contributed by atoms with Crippen molar-refractivity contribution in [3.63, 3.8) is 0 Å². The lowest BCUT2D eigenvalue weighted by molar-refractivity contribution is 0.575. The maximum Gasteiger partial charge on any atom is 0.241 e. The normalized spacial score (nSPS) is 11.8. The standard InChI is InChI=1S/C12H16ClN5O2S/c1-2-18-8-15-17-12(18)7-16-21(19,20)10-4-3-9(6-14)11(13)5-10/h3-5,8,16H,2,6-7,14H2,1H3. The van der Waals surface area contributed by atoms with Gasteiger partial charge in [-0.3, -0.25) is 0 Å². The number of halogens is 1. The van der Waals surface area contributed by atoms with Gasteiger partial charge in [-0.05, 0) is 24.6 Å². The Bertz CT molecular complexity index is 729. The number of nitrogens with two attached hydrogens (primary N) is 1. The minimum atomic E-state index is -3.67. The molecule has 1 aromatic heterocycles. The Kier molecular flexibility index (Phi) is 4.94. The van der Waals surface area contributed by atoms with Gasteiger partial charge in [0.1, 0.15) is 12.2 Å². The van der Waals surface area contributed by atoms with E-state index in [0.29, 0.717) is 23.0 Å². The zero-order chi connectivity index (χ0) is 15.5.